The minimum Gasteiger partial charge on any atom is -0.454 e. The fraction of sp³-hybridized carbons (Fsp3) is 0.241. The van der Waals surface area contributed by atoms with Gasteiger partial charge in [-0.3, -0.25) is 4.79 Å². The fourth-order valence-corrected chi connectivity index (χ4v) is 4.40. The van der Waals surface area contributed by atoms with Gasteiger partial charge in [0.15, 0.2) is 6.61 Å². The van der Waals surface area contributed by atoms with E-state index in [-0.39, 0.29) is 30.0 Å². The first-order valence-electron chi connectivity index (χ1n) is 13.0. The van der Waals surface area contributed by atoms with Crippen molar-refractivity contribution in [3.05, 3.63) is 101 Å². The molecule has 0 radical (unpaired) electrons. The van der Waals surface area contributed by atoms with Gasteiger partial charge in [-0.2, -0.15) is 41.3 Å². The van der Waals surface area contributed by atoms with E-state index in [1.165, 1.54) is 11.6 Å². The number of amides is 1. The molecule has 0 fully saturated rings. The number of aromatic nitrogens is 3. The Labute approximate surface area is 241 Å². The quantitative estimate of drug-likeness (QED) is 0.226. The van der Waals surface area contributed by atoms with Crippen LogP contribution in [0.2, 0.25) is 0 Å². The molecule has 14 heteroatoms. The topological polar surface area (TPSA) is 92.3 Å². The highest BCUT2D eigenvalue weighted by Gasteiger charge is 2.31. The number of halogens is 6. The van der Waals surface area contributed by atoms with E-state index in [2.05, 4.69) is 36.4 Å². The molecule has 224 valence electrons. The lowest BCUT2D eigenvalue weighted by molar-refractivity contribution is -0.154. The highest BCUT2D eigenvalue weighted by Crippen LogP contribution is 2.31. The first kappa shape index (κ1) is 29.6. The van der Waals surface area contributed by atoms with E-state index in [9.17, 15) is 31.1 Å². The first-order chi connectivity index (χ1) is 20.4. The van der Waals surface area contributed by atoms with Crippen molar-refractivity contribution in [1.29, 1.82) is 0 Å². The number of hydrogen-bond acceptors (Lipinski definition) is 7. The molecule has 0 saturated carbocycles. The van der Waals surface area contributed by atoms with Crippen LogP contribution in [0.25, 0.3) is 0 Å². The van der Waals surface area contributed by atoms with E-state index in [0.717, 1.165) is 30.2 Å². The summed E-state index contributed by atoms with van der Waals surface area (Å²) in [6.45, 7) is -0.448. The summed E-state index contributed by atoms with van der Waals surface area (Å²) in [6.07, 6.45) is -8.51. The maximum absolute atomic E-state index is 13.1. The lowest BCUT2D eigenvalue weighted by atomic mass is 9.99. The second kappa shape index (κ2) is 12.2. The van der Waals surface area contributed by atoms with Crippen molar-refractivity contribution in [3.63, 3.8) is 0 Å². The molecule has 0 bridgehead atoms. The molecular formula is C29H24F6N6O2. The Morgan fingerprint density at radius 1 is 0.860 bits per heavy atom. The van der Waals surface area contributed by atoms with Gasteiger partial charge in [0.25, 0.3) is 5.91 Å². The molecule has 0 atom stereocenters. The second-order valence-electron chi connectivity index (χ2n) is 9.67. The summed E-state index contributed by atoms with van der Waals surface area (Å²) in [4.78, 5) is 26.5. The fourth-order valence-electron chi connectivity index (χ4n) is 4.40. The molecule has 0 saturated heterocycles. The summed E-state index contributed by atoms with van der Waals surface area (Å²) >= 11 is 0. The lowest BCUT2D eigenvalue weighted by Crippen LogP contribution is -2.35. The maximum Gasteiger partial charge on any atom is 0.422 e. The van der Waals surface area contributed by atoms with Gasteiger partial charge in [0.1, 0.15) is 0 Å². The maximum atomic E-state index is 13.1. The van der Waals surface area contributed by atoms with Crippen molar-refractivity contribution < 1.29 is 35.9 Å². The monoisotopic (exact) mass is 602 g/mol. The van der Waals surface area contributed by atoms with Crippen LogP contribution in [0.4, 0.5) is 43.9 Å². The predicted octanol–water partition coefficient (Wildman–Crippen LogP) is 6.39. The van der Waals surface area contributed by atoms with Crippen LogP contribution < -0.4 is 15.4 Å². The van der Waals surface area contributed by atoms with Crippen LogP contribution in [0, 0.1) is 0 Å². The van der Waals surface area contributed by atoms with Crippen LogP contribution in [-0.2, 0) is 25.7 Å². The number of ether oxygens (including phenoxy) is 1. The predicted molar refractivity (Wildman–Crippen MR) is 145 cm³/mol. The average molecular weight is 603 g/mol. The van der Waals surface area contributed by atoms with E-state index in [1.807, 2.05) is 18.2 Å². The molecule has 4 aromatic rings. The molecule has 2 N–H and O–H groups in total. The summed E-state index contributed by atoms with van der Waals surface area (Å²) < 4.78 is 82.1. The molecule has 5 rings (SSSR count). The first-order valence-corrected chi connectivity index (χ1v) is 13.0. The number of nitrogens with zero attached hydrogens (tertiary/aromatic N) is 4. The number of carbonyl (C=O) groups excluding carboxylic acids is 1. The molecule has 0 spiro atoms. The van der Waals surface area contributed by atoms with Crippen LogP contribution in [0.3, 0.4) is 0 Å². The number of anilines is 3. The van der Waals surface area contributed by atoms with Crippen molar-refractivity contribution in [1.82, 2.24) is 19.9 Å². The van der Waals surface area contributed by atoms with Gasteiger partial charge in [-0.15, -0.1) is 0 Å². The molecule has 0 unspecified atom stereocenters. The zero-order valence-electron chi connectivity index (χ0n) is 22.3. The third kappa shape index (κ3) is 7.90. The average Bonchev–Trinajstić information content (AvgIpc) is 2.98. The minimum absolute atomic E-state index is 0.0498. The number of hydrogen-bond donors (Lipinski definition) is 2. The van der Waals surface area contributed by atoms with Gasteiger partial charge in [-0.05, 0) is 53.4 Å². The van der Waals surface area contributed by atoms with E-state index in [4.69, 9.17) is 0 Å². The summed E-state index contributed by atoms with van der Waals surface area (Å²) in [7, 11) is 0. The van der Waals surface area contributed by atoms with E-state index in [0.29, 0.717) is 24.2 Å². The Hall–Kier alpha value is -4.88. The Kier molecular flexibility index (Phi) is 8.37. The van der Waals surface area contributed by atoms with Crippen molar-refractivity contribution in [2.75, 3.05) is 23.8 Å². The van der Waals surface area contributed by atoms with Crippen LogP contribution in [0.15, 0.2) is 72.8 Å². The third-order valence-corrected chi connectivity index (χ3v) is 6.50. The highest BCUT2D eigenvalue weighted by atomic mass is 19.4. The third-order valence-electron chi connectivity index (χ3n) is 6.50. The van der Waals surface area contributed by atoms with Gasteiger partial charge in [-0.25, -0.2) is 0 Å². The molecule has 1 aliphatic heterocycles. The molecule has 1 amide bonds. The van der Waals surface area contributed by atoms with Crippen molar-refractivity contribution in [3.8, 4) is 6.01 Å². The number of benzene rings is 3. The van der Waals surface area contributed by atoms with Gasteiger partial charge in [0, 0.05) is 30.9 Å². The van der Waals surface area contributed by atoms with Gasteiger partial charge in [0.05, 0.1) is 5.56 Å². The van der Waals surface area contributed by atoms with Gasteiger partial charge in [0.2, 0.25) is 11.9 Å². The molecule has 8 nitrogen and oxygen atoms in total. The van der Waals surface area contributed by atoms with E-state index >= 15 is 0 Å². The minimum atomic E-state index is -4.67. The van der Waals surface area contributed by atoms with Crippen LogP contribution in [-0.4, -0.2) is 45.1 Å². The number of carbonyl (C=O) groups is 1. The van der Waals surface area contributed by atoms with E-state index in [1.54, 1.807) is 29.2 Å². The number of fused-ring (bicyclic) bond motifs is 1. The number of alkyl halides is 6. The number of rotatable bonds is 8. The van der Waals surface area contributed by atoms with Crippen LogP contribution in [0.5, 0.6) is 6.01 Å². The molecule has 0 aliphatic carbocycles. The molecule has 43 heavy (non-hydrogen) atoms. The summed E-state index contributed by atoms with van der Waals surface area (Å²) in [5.74, 6) is -0.630. The van der Waals surface area contributed by atoms with Crippen LogP contribution >= 0.6 is 0 Å². The van der Waals surface area contributed by atoms with Crippen LogP contribution in [0.1, 0.15) is 32.6 Å². The Bertz CT molecular complexity index is 1590. The lowest BCUT2D eigenvalue weighted by Gasteiger charge is -2.29. The summed E-state index contributed by atoms with van der Waals surface area (Å²) in [6, 6.07) is 18.2. The zero-order valence-corrected chi connectivity index (χ0v) is 22.3. The van der Waals surface area contributed by atoms with Gasteiger partial charge >= 0.3 is 18.4 Å². The number of nitrogens with one attached hydrogen (secondary N) is 2. The molecule has 1 aliphatic rings. The Balaban J connectivity index is 1.27. The normalized spacial score (nSPS) is 13.3. The van der Waals surface area contributed by atoms with E-state index < -0.39 is 30.5 Å². The zero-order chi connectivity index (χ0) is 30.6. The smallest absolute Gasteiger partial charge is 0.422 e. The van der Waals surface area contributed by atoms with Gasteiger partial charge in [-0.1, -0.05) is 42.5 Å². The van der Waals surface area contributed by atoms with Crippen molar-refractivity contribution >= 4 is 23.5 Å². The highest BCUT2D eigenvalue weighted by molar-refractivity contribution is 5.94. The molecular weight excluding hydrogens is 578 g/mol. The Morgan fingerprint density at radius 3 is 2.30 bits per heavy atom. The van der Waals surface area contributed by atoms with Crippen molar-refractivity contribution in [2.24, 2.45) is 0 Å². The van der Waals surface area contributed by atoms with Gasteiger partial charge < -0.3 is 20.3 Å². The largest absolute Gasteiger partial charge is 0.454 e. The molecule has 2 heterocycles. The Morgan fingerprint density at radius 2 is 1.58 bits per heavy atom. The second-order valence-corrected chi connectivity index (χ2v) is 9.67. The SMILES string of the molecule is O=C(c1ccc(CNc2nc(Nc3cccc(C(F)(F)F)c3)nc(OCC(F)(F)F)n2)cc1)N1CCc2ccccc2C1. The standard InChI is InChI=1S/C29H24F6N6O2/c30-28(31,32)17-43-27-39-25(38-26(40-27)37-23-7-3-6-22(14-23)29(33,34)35)36-15-18-8-10-20(11-9-18)24(42)41-13-12-19-4-1-2-5-21(19)16-41/h1-11,14H,12-13,15-17H2,(H2,36,37,38,39,40). The molecule has 1 aromatic heterocycles. The summed E-state index contributed by atoms with van der Waals surface area (Å²) in [5.41, 5.74) is 2.55. The molecule has 3 aromatic carbocycles. The summed E-state index contributed by atoms with van der Waals surface area (Å²) in [5, 5.41) is 5.39. The van der Waals surface area contributed by atoms with Crippen molar-refractivity contribution in [2.45, 2.75) is 31.9 Å².